The number of rotatable bonds is 50. The molecular formula is C56H98NO10P. The maximum absolute atomic E-state index is 12.4. The third kappa shape index (κ3) is 49.3. The Morgan fingerprint density at radius 1 is 0.485 bits per heavy atom. The third-order valence-electron chi connectivity index (χ3n) is 11.5. The molecule has 11 nitrogen and oxygen atoms in total. The summed E-state index contributed by atoms with van der Waals surface area (Å²) in [7, 11) is -4.77. The van der Waals surface area contributed by atoms with Crippen molar-refractivity contribution in [3.05, 3.63) is 72.9 Å². The van der Waals surface area contributed by atoms with Crippen molar-refractivity contribution in [2.45, 2.75) is 244 Å². The Hall–Kier alpha value is -3.08. The van der Waals surface area contributed by atoms with E-state index in [1.165, 1.54) is 109 Å². The Balaban J connectivity index is 3.85. The summed E-state index contributed by atoms with van der Waals surface area (Å²) in [5.74, 6) is -2.39. The van der Waals surface area contributed by atoms with Crippen LogP contribution in [0.1, 0.15) is 232 Å². The lowest BCUT2D eigenvalue weighted by Crippen LogP contribution is -2.43. The zero-order valence-electron chi connectivity index (χ0n) is 42.9. The van der Waals surface area contributed by atoms with Gasteiger partial charge in [-0.05, 0) is 64.2 Å². The first-order valence-corrected chi connectivity index (χ1v) is 28.5. The number of aliphatic hydroxyl groups excluding tert-OH is 1. The van der Waals surface area contributed by atoms with Gasteiger partial charge in [-0.25, -0.2) is 9.36 Å². The van der Waals surface area contributed by atoms with Crippen LogP contribution in [0.4, 0.5) is 0 Å². The first-order chi connectivity index (χ1) is 33.1. The van der Waals surface area contributed by atoms with E-state index in [2.05, 4.69) is 92.1 Å². The molecule has 12 heteroatoms. The summed E-state index contributed by atoms with van der Waals surface area (Å²) in [6.07, 6.45) is 62.1. The Bertz CT molecular complexity index is 1420. The van der Waals surface area contributed by atoms with E-state index in [1.807, 2.05) is 0 Å². The lowest BCUT2D eigenvalue weighted by Gasteiger charge is -2.18. The Kier molecular flexibility index (Phi) is 48.0. The summed E-state index contributed by atoms with van der Waals surface area (Å²) in [5.41, 5.74) is 0. The summed E-state index contributed by atoms with van der Waals surface area (Å²) >= 11 is 0. The van der Waals surface area contributed by atoms with Gasteiger partial charge in [-0.1, -0.05) is 228 Å². The second-order valence-corrected chi connectivity index (χ2v) is 19.5. The summed E-state index contributed by atoms with van der Waals surface area (Å²) in [6.45, 7) is 2.49. The maximum Gasteiger partial charge on any atom is 0.472 e. The average molecular weight is 976 g/mol. The number of carbonyl (C=O) groups excluding carboxylic acids is 2. The highest BCUT2D eigenvalue weighted by atomic mass is 31.2. The molecule has 0 aromatic heterocycles. The highest BCUT2D eigenvalue weighted by Crippen LogP contribution is 2.43. The van der Waals surface area contributed by atoms with Gasteiger partial charge in [0.2, 0.25) is 5.91 Å². The van der Waals surface area contributed by atoms with Crippen LogP contribution in [0, 0.1) is 0 Å². The number of carbonyl (C=O) groups is 3. The number of hydrogen-bond acceptors (Lipinski definition) is 8. The fourth-order valence-electron chi connectivity index (χ4n) is 7.38. The molecule has 0 saturated carbocycles. The van der Waals surface area contributed by atoms with Crippen molar-refractivity contribution < 1.29 is 47.8 Å². The van der Waals surface area contributed by atoms with Crippen LogP contribution >= 0.6 is 7.82 Å². The molecule has 3 atom stereocenters. The fraction of sp³-hybridized carbons (Fsp3) is 0.732. The van der Waals surface area contributed by atoms with Gasteiger partial charge in [0, 0.05) is 12.8 Å². The lowest BCUT2D eigenvalue weighted by molar-refractivity contribution is -0.147. The van der Waals surface area contributed by atoms with Gasteiger partial charge in [0.25, 0.3) is 0 Å². The fourth-order valence-corrected chi connectivity index (χ4v) is 8.15. The number of phosphoric ester groups is 1. The molecule has 0 radical (unpaired) electrons. The molecule has 0 heterocycles. The van der Waals surface area contributed by atoms with Crippen molar-refractivity contribution in [1.29, 1.82) is 0 Å². The SMILES string of the molecule is CC/C=C\C/C=C\C/C=C\C/C=C\C/C=C\C/C=C\CCCCCCC(=O)OCC(O)COP(=O)(O)OCC(NC(=O)CCCCCCCCCCCCCCCCCCCCCCC)C(=O)O. The predicted molar refractivity (Wildman–Crippen MR) is 281 cm³/mol. The van der Waals surface area contributed by atoms with E-state index in [0.717, 1.165) is 83.5 Å². The van der Waals surface area contributed by atoms with Crippen LogP contribution in [-0.4, -0.2) is 64.9 Å². The topological polar surface area (TPSA) is 169 Å². The molecule has 68 heavy (non-hydrogen) atoms. The van der Waals surface area contributed by atoms with Crippen LogP contribution in [0.5, 0.6) is 0 Å². The van der Waals surface area contributed by atoms with Gasteiger partial charge < -0.3 is 25.2 Å². The lowest BCUT2D eigenvalue weighted by atomic mass is 10.0. The third-order valence-corrected chi connectivity index (χ3v) is 12.5. The summed E-state index contributed by atoms with van der Waals surface area (Å²) in [4.78, 5) is 46.2. The summed E-state index contributed by atoms with van der Waals surface area (Å²) in [5, 5.41) is 22.0. The van der Waals surface area contributed by atoms with E-state index < -0.39 is 57.6 Å². The quantitative estimate of drug-likeness (QED) is 0.0199. The first-order valence-electron chi connectivity index (χ1n) is 27.0. The molecule has 0 bridgehead atoms. The molecule has 0 fully saturated rings. The van der Waals surface area contributed by atoms with Gasteiger partial charge in [-0.15, -0.1) is 0 Å². The van der Waals surface area contributed by atoms with Crippen LogP contribution in [0.2, 0.25) is 0 Å². The zero-order chi connectivity index (χ0) is 49.9. The molecule has 0 aliphatic rings. The molecule has 3 unspecified atom stereocenters. The number of hydrogen-bond donors (Lipinski definition) is 4. The van der Waals surface area contributed by atoms with Crippen LogP contribution in [0.3, 0.4) is 0 Å². The van der Waals surface area contributed by atoms with Crippen molar-refractivity contribution in [3.63, 3.8) is 0 Å². The van der Waals surface area contributed by atoms with E-state index in [9.17, 15) is 34.1 Å². The minimum Gasteiger partial charge on any atom is -0.480 e. The zero-order valence-corrected chi connectivity index (χ0v) is 43.8. The smallest absolute Gasteiger partial charge is 0.472 e. The predicted octanol–water partition coefficient (Wildman–Crippen LogP) is 15.2. The minimum absolute atomic E-state index is 0.145. The number of nitrogens with one attached hydrogen (secondary N) is 1. The highest BCUT2D eigenvalue weighted by Gasteiger charge is 2.28. The average Bonchev–Trinajstić information content (AvgIpc) is 3.32. The number of aliphatic carboxylic acids is 1. The number of ether oxygens (including phenoxy) is 1. The standard InChI is InChI=1S/C56H98NO10P/c1-3-5-7-9-11-13-15-17-19-21-23-25-26-28-30-32-34-36-38-40-42-44-46-48-55(60)65-49-52(58)50-66-68(63,64)67-51-53(56(61)62)57-54(59)47-45-43-41-39-37-35-33-31-29-27-24-22-20-18-16-14-12-10-8-6-4-2/h5,7,11,13,17,19,23,25,28,30,34,36,52-53,58H,3-4,6,8-10,12,14-16,18,20-22,24,26-27,29,31-33,35,37-51H2,1-2H3,(H,57,59)(H,61,62)(H,63,64)/b7-5-,13-11-,19-17-,25-23-,30-28-,36-34-. The molecule has 0 saturated heterocycles. The number of carboxylic acid groups (broad SMARTS) is 1. The Morgan fingerprint density at radius 2 is 0.853 bits per heavy atom. The number of esters is 1. The number of allylic oxidation sites excluding steroid dienone is 12. The van der Waals surface area contributed by atoms with Gasteiger partial charge in [-0.2, -0.15) is 0 Å². The minimum atomic E-state index is -4.77. The van der Waals surface area contributed by atoms with Crippen LogP contribution < -0.4 is 5.32 Å². The van der Waals surface area contributed by atoms with Crippen molar-refractivity contribution in [1.82, 2.24) is 5.32 Å². The van der Waals surface area contributed by atoms with E-state index in [0.29, 0.717) is 12.8 Å². The molecule has 0 aromatic carbocycles. The largest absolute Gasteiger partial charge is 0.480 e. The Labute approximate surface area is 414 Å². The highest BCUT2D eigenvalue weighted by molar-refractivity contribution is 7.47. The van der Waals surface area contributed by atoms with Crippen molar-refractivity contribution in [2.75, 3.05) is 19.8 Å². The van der Waals surface area contributed by atoms with Crippen LogP contribution in [0.25, 0.3) is 0 Å². The van der Waals surface area contributed by atoms with Gasteiger partial charge in [0.05, 0.1) is 13.2 Å². The summed E-state index contributed by atoms with van der Waals surface area (Å²) in [6, 6.07) is -1.55. The molecule has 0 aliphatic heterocycles. The molecule has 392 valence electrons. The number of unbranched alkanes of at least 4 members (excludes halogenated alkanes) is 24. The number of carboxylic acids is 1. The number of phosphoric acid groups is 1. The maximum atomic E-state index is 12.4. The molecule has 4 N–H and O–H groups in total. The number of aliphatic hydroxyl groups is 1. The van der Waals surface area contributed by atoms with E-state index in [-0.39, 0.29) is 12.8 Å². The van der Waals surface area contributed by atoms with Crippen LogP contribution in [0.15, 0.2) is 72.9 Å². The number of amides is 1. The Morgan fingerprint density at radius 3 is 1.28 bits per heavy atom. The van der Waals surface area contributed by atoms with Crippen molar-refractivity contribution >= 4 is 25.7 Å². The molecule has 0 aromatic rings. The second kappa shape index (κ2) is 50.3. The first kappa shape index (κ1) is 64.9. The molecule has 0 rings (SSSR count). The molecule has 1 amide bonds. The van der Waals surface area contributed by atoms with Crippen molar-refractivity contribution in [2.24, 2.45) is 0 Å². The van der Waals surface area contributed by atoms with Gasteiger partial charge in [0.15, 0.2) is 6.04 Å². The molecule has 0 spiro atoms. The van der Waals surface area contributed by atoms with E-state index in [1.54, 1.807) is 0 Å². The van der Waals surface area contributed by atoms with Gasteiger partial charge in [-0.3, -0.25) is 18.6 Å². The van der Waals surface area contributed by atoms with Gasteiger partial charge >= 0.3 is 19.8 Å². The second-order valence-electron chi connectivity index (χ2n) is 18.0. The van der Waals surface area contributed by atoms with Crippen molar-refractivity contribution in [3.8, 4) is 0 Å². The molecular weight excluding hydrogens is 878 g/mol. The normalized spacial score (nSPS) is 14.1. The van der Waals surface area contributed by atoms with E-state index in [4.69, 9.17) is 13.8 Å². The van der Waals surface area contributed by atoms with E-state index >= 15 is 0 Å². The van der Waals surface area contributed by atoms with Crippen LogP contribution in [-0.2, 0) is 32.7 Å². The monoisotopic (exact) mass is 976 g/mol. The summed E-state index contributed by atoms with van der Waals surface area (Å²) < 4.78 is 27.0. The molecule has 0 aliphatic carbocycles. The van der Waals surface area contributed by atoms with Gasteiger partial charge in [0.1, 0.15) is 12.7 Å².